The standard InChI is InChI=1S/C23H32N2O3/c1-4-7-13-19(6-3)25(22(26)21-18(5-2)14-15-24-21)20(23(27)28)16-17-11-9-8-10-12-17/h5,7-13,18-21,24H,2,4,6,14-16H2,1,3H3,(H,27,28)/b13-7+/t18-,19+,20-,21-/m1/s1. The van der Waals surface area contributed by atoms with Crippen LogP contribution in [-0.2, 0) is 16.0 Å². The number of rotatable bonds is 10. The second-order valence-corrected chi connectivity index (χ2v) is 7.22. The van der Waals surface area contributed by atoms with E-state index in [1.54, 1.807) is 11.0 Å². The van der Waals surface area contributed by atoms with E-state index in [0.29, 0.717) is 6.42 Å². The largest absolute Gasteiger partial charge is 0.480 e. The fourth-order valence-corrected chi connectivity index (χ4v) is 3.82. The van der Waals surface area contributed by atoms with Gasteiger partial charge in [-0.2, -0.15) is 0 Å². The molecular weight excluding hydrogens is 352 g/mol. The Morgan fingerprint density at radius 2 is 2.04 bits per heavy atom. The lowest BCUT2D eigenvalue weighted by molar-refractivity contribution is -0.152. The maximum absolute atomic E-state index is 13.5. The summed E-state index contributed by atoms with van der Waals surface area (Å²) in [6.07, 6.45) is 8.39. The summed E-state index contributed by atoms with van der Waals surface area (Å²) in [4.78, 5) is 27.4. The van der Waals surface area contributed by atoms with Gasteiger partial charge in [-0.3, -0.25) is 4.79 Å². The van der Waals surface area contributed by atoms with E-state index in [9.17, 15) is 14.7 Å². The Kier molecular flexibility index (Phi) is 8.45. The fourth-order valence-electron chi connectivity index (χ4n) is 3.82. The van der Waals surface area contributed by atoms with Crippen LogP contribution in [-0.4, -0.2) is 46.6 Å². The summed E-state index contributed by atoms with van der Waals surface area (Å²) in [6, 6.07) is 7.89. The zero-order valence-corrected chi connectivity index (χ0v) is 16.9. The minimum absolute atomic E-state index is 0.0221. The third-order valence-corrected chi connectivity index (χ3v) is 5.36. The molecule has 1 aliphatic rings. The smallest absolute Gasteiger partial charge is 0.326 e. The van der Waals surface area contributed by atoms with Gasteiger partial charge in [-0.15, -0.1) is 6.58 Å². The average Bonchev–Trinajstić information content (AvgIpc) is 3.19. The fraction of sp³-hybridized carbons (Fsp3) is 0.478. The molecular formula is C23H32N2O3. The molecule has 0 aliphatic carbocycles. The van der Waals surface area contributed by atoms with Gasteiger partial charge in [0, 0.05) is 12.3 Å². The summed E-state index contributed by atoms with van der Waals surface area (Å²) in [5.41, 5.74) is 0.904. The Hall–Kier alpha value is -2.40. The van der Waals surface area contributed by atoms with Crippen molar-refractivity contribution < 1.29 is 14.7 Å². The summed E-state index contributed by atoms with van der Waals surface area (Å²) in [7, 11) is 0. The highest BCUT2D eigenvalue weighted by Crippen LogP contribution is 2.24. The minimum atomic E-state index is -0.978. The number of carbonyl (C=O) groups is 2. The molecule has 2 rings (SSSR count). The van der Waals surface area contributed by atoms with E-state index in [-0.39, 0.29) is 24.3 Å². The van der Waals surface area contributed by atoms with E-state index >= 15 is 0 Å². The lowest BCUT2D eigenvalue weighted by atomic mass is 9.95. The number of benzene rings is 1. The highest BCUT2D eigenvalue weighted by Gasteiger charge is 2.40. The molecule has 152 valence electrons. The predicted octanol–water partition coefficient (Wildman–Crippen LogP) is 3.42. The van der Waals surface area contributed by atoms with E-state index in [2.05, 4.69) is 11.9 Å². The van der Waals surface area contributed by atoms with Crippen LogP contribution in [0, 0.1) is 5.92 Å². The van der Waals surface area contributed by atoms with Crippen molar-refractivity contribution >= 4 is 11.9 Å². The monoisotopic (exact) mass is 384 g/mol. The molecule has 0 radical (unpaired) electrons. The first-order valence-corrected chi connectivity index (χ1v) is 10.1. The third-order valence-electron chi connectivity index (χ3n) is 5.36. The van der Waals surface area contributed by atoms with Gasteiger partial charge >= 0.3 is 5.97 Å². The molecule has 0 aromatic heterocycles. The molecule has 0 bridgehead atoms. The van der Waals surface area contributed by atoms with Gasteiger partial charge in [0.15, 0.2) is 0 Å². The number of carboxylic acids is 1. The molecule has 28 heavy (non-hydrogen) atoms. The number of allylic oxidation sites excluding steroid dienone is 1. The molecule has 0 spiro atoms. The number of aliphatic carboxylic acids is 1. The van der Waals surface area contributed by atoms with Crippen molar-refractivity contribution in [3.05, 3.63) is 60.7 Å². The van der Waals surface area contributed by atoms with Gasteiger partial charge in [0.2, 0.25) is 5.91 Å². The number of nitrogens with one attached hydrogen (secondary N) is 1. The molecule has 5 heteroatoms. The summed E-state index contributed by atoms with van der Waals surface area (Å²) < 4.78 is 0. The Bertz CT molecular complexity index is 686. The van der Waals surface area contributed by atoms with E-state index in [0.717, 1.165) is 24.9 Å². The molecule has 5 nitrogen and oxygen atoms in total. The van der Waals surface area contributed by atoms with E-state index < -0.39 is 18.1 Å². The number of amides is 1. The molecule has 2 N–H and O–H groups in total. The Balaban J connectivity index is 2.41. The second kappa shape index (κ2) is 10.8. The SMILES string of the molecule is C=C[C@@H]1CCN[C@H]1C(=O)N([C@H](/C=C/CC)CC)[C@H](Cc1ccccc1)C(=O)O. The minimum Gasteiger partial charge on any atom is -0.480 e. The third kappa shape index (κ3) is 5.32. The first-order chi connectivity index (χ1) is 13.5. The van der Waals surface area contributed by atoms with Crippen molar-refractivity contribution in [2.75, 3.05) is 6.54 Å². The number of hydrogen-bond acceptors (Lipinski definition) is 3. The van der Waals surface area contributed by atoms with E-state index in [1.165, 1.54) is 0 Å². The Morgan fingerprint density at radius 3 is 2.61 bits per heavy atom. The van der Waals surface area contributed by atoms with Crippen molar-refractivity contribution in [1.82, 2.24) is 10.2 Å². The van der Waals surface area contributed by atoms with Crippen molar-refractivity contribution in [2.24, 2.45) is 5.92 Å². The molecule has 0 unspecified atom stereocenters. The lowest BCUT2D eigenvalue weighted by Crippen LogP contribution is -2.57. The first-order valence-electron chi connectivity index (χ1n) is 10.1. The van der Waals surface area contributed by atoms with E-state index in [4.69, 9.17) is 0 Å². The quantitative estimate of drug-likeness (QED) is 0.607. The molecule has 1 aliphatic heterocycles. The molecule has 1 aromatic carbocycles. The summed E-state index contributed by atoms with van der Waals surface area (Å²) in [5, 5.41) is 13.3. The maximum Gasteiger partial charge on any atom is 0.326 e. The number of carboxylic acid groups (broad SMARTS) is 1. The van der Waals surface area contributed by atoms with Gasteiger partial charge in [-0.1, -0.05) is 62.4 Å². The topological polar surface area (TPSA) is 69.6 Å². The van der Waals surface area contributed by atoms with Crippen molar-refractivity contribution in [1.29, 1.82) is 0 Å². The van der Waals surface area contributed by atoms with Crippen LogP contribution < -0.4 is 5.32 Å². The van der Waals surface area contributed by atoms with Crippen LogP contribution in [0.2, 0.25) is 0 Å². The molecule has 1 fully saturated rings. The summed E-state index contributed by atoms with van der Waals surface area (Å²) >= 11 is 0. The molecule has 4 atom stereocenters. The van der Waals surface area contributed by atoms with Gasteiger partial charge in [0.05, 0.1) is 12.1 Å². The average molecular weight is 385 g/mol. The highest BCUT2D eigenvalue weighted by molar-refractivity contribution is 5.88. The van der Waals surface area contributed by atoms with Crippen LogP contribution in [0.1, 0.15) is 38.7 Å². The van der Waals surface area contributed by atoms with Gasteiger partial charge in [-0.25, -0.2) is 4.79 Å². The maximum atomic E-state index is 13.5. The van der Waals surface area contributed by atoms with Crippen LogP contribution in [0.3, 0.4) is 0 Å². The number of hydrogen-bond donors (Lipinski definition) is 2. The lowest BCUT2D eigenvalue weighted by Gasteiger charge is -2.37. The molecule has 1 heterocycles. The molecule has 0 saturated carbocycles. The van der Waals surface area contributed by atoms with Crippen LogP contribution >= 0.6 is 0 Å². The van der Waals surface area contributed by atoms with Crippen LogP contribution in [0.5, 0.6) is 0 Å². The zero-order chi connectivity index (χ0) is 20.5. The predicted molar refractivity (Wildman–Crippen MR) is 112 cm³/mol. The van der Waals surface area contributed by atoms with Crippen LogP contribution in [0.15, 0.2) is 55.1 Å². The zero-order valence-electron chi connectivity index (χ0n) is 16.9. The second-order valence-electron chi connectivity index (χ2n) is 7.22. The van der Waals surface area contributed by atoms with Crippen molar-refractivity contribution in [2.45, 2.75) is 57.7 Å². The Labute approximate surface area is 168 Å². The number of carbonyl (C=O) groups excluding carboxylic acids is 1. The molecule has 1 amide bonds. The molecule has 1 saturated heterocycles. The Morgan fingerprint density at radius 1 is 1.32 bits per heavy atom. The van der Waals surface area contributed by atoms with Gasteiger partial charge in [-0.05, 0) is 31.4 Å². The summed E-state index contributed by atoms with van der Waals surface area (Å²) in [6.45, 7) is 8.60. The van der Waals surface area contributed by atoms with Gasteiger partial charge in [0.25, 0.3) is 0 Å². The van der Waals surface area contributed by atoms with Gasteiger partial charge in [0.1, 0.15) is 6.04 Å². The van der Waals surface area contributed by atoms with Crippen LogP contribution in [0.25, 0.3) is 0 Å². The highest BCUT2D eigenvalue weighted by atomic mass is 16.4. The van der Waals surface area contributed by atoms with Crippen LogP contribution in [0.4, 0.5) is 0 Å². The molecule has 1 aromatic rings. The van der Waals surface area contributed by atoms with Gasteiger partial charge < -0.3 is 15.3 Å². The van der Waals surface area contributed by atoms with Crippen molar-refractivity contribution in [3.63, 3.8) is 0 Å². The number of nitrogens with zero attached hydrogens (tertiary/aromatic N) is 1. The van der Waals surface area contributed by atoms with Crippen molar-refractivity contribution in [3.8, 4) is 0 Å². The summed E-state index contributed by atoms with van der Waals surface area (Å²) in [5.74, 6) is -1.11. The van der Waals surface area contributed by atoms with E-state index in [1.807, 2.05) is 56.3 Å². The first kappa shape index (κ1) is 21.9. The normalized spacial score (nSPS) is 21.4.